The van der Waals surface area contributed by atoms with Gasteiger partial charge in [-0.3, -0.25) is 4.99 Å². The van der Waals surface area contributed by atoms with Gasteiger partial charge in [-0.05, 0) is 60.6 Å². The van der Waals surface area contributed by atoms with Crippen LogP contribution in [0.3, 0.4) is 0 Å². The van der Waals surface area contributed by atoms with Gasteiger partial charge in [0.2, 0.25) is 0 Å². The molecule has 0 atom stereocenters. The molecule has 1 aliphatic rings. The number of hydrogen-bond acceptors (Lipinski definition) is 4. The number of esters is 1. The van der Waals surface area contributed by atoms with Crippen molar-refractivity contribution in [3.63, 3.8) is 0 Å². The quantitative estimate of drug-likeness (QED) is 0.216. The van der Waals surface area contributed by atoms with Gasteiger partial charge in [-0.25, -0.2) is 4.79 Å². The molecule has 0 aliphatic heterocycles. The number of aliphatic hydroxyl groups is 1. The highest BCUT2D eigenvalue weighted by Gasteiger charge is 2.19. The van der Waals surface area contributed by atoms with Crippen molar-refractivity contribution in [2.24, 2.45) is 4.99 Å². The lowest BCUT2D eigenvalue weighted by atomic mass is 9.96. The summed E-state index contributed by atoms with van der Waals surface area (Å²) in [5, 5.41) is 11.0. The molecule has 0 radical (unpaired) electrons. The van der Waals surface area contributed by atoms with E-state index in [2.05, 4.69) is 27.6 Å². The Labute approximate surface area is 161 Å². The van der Waals surface area contributed by atoms with Crippen LogP contribution in [-0.2, 0) is 9.53 Å². The Bertz CT molecular complexity index is 652. The second-order valence-electron chi connectivity index (χ2n) is 5.68. The summed E-state index contributed by atoms with van der Waals surface area (Å²) in [6, 6.07) is 5.43. The first-order chi connectivity index (χ1) is 11.5. The topological polar surface area (TPSA) is 58.9 Å². The van der Waals surface area contributed by atoms with Crippen molar-refractivity contribution in [2.75, 3.05) is 6.61 Å². The van der Waals surface area contributed by atoms with Crippen LogP contribution in [0.1, 0.15) is 44.6 Å². The van der Waals surface area contributed by atoms with E-state index < -0.39 is 5.97 Å². The summed E-state index contributed by atoms with van der Waals surface area (Å²) >= 11 is 8.34. The number of carbonyl (C=O) groups is 1. The van der Waals surface area contributed by atoms with E-state index in [4.69, 9.17) is 16.3 Å². The molecule has 2 rings (SSSR count). The van der Waals surface area contributed by atoms with Crippen molar-refractivity contribution in [1.82, 2.24) is 0 Å². The van der Waals surface area contributed by atoms with Crippen molar-refractivity contribution in [3.8, 4) is 0 Å². The summed E-state index contributed by atoms with van der Waals surface area (Å²) in [7, 11) is 0. The predicted octanol–water partition coefficient (Wildman–Crippen LogP) is 5.18. The summed E-state index contributed by atoms with van der Waals surface area (Å²) in [4.78, 5) is 16.7. The molecular formula is C18H21ClINO3. The second-order valence-corrected chi connectivity index (χ2v) is 7.33. The highest BCUT2D eigenvalue weighted by molar-refractivity contribution is 14.1. The van der Waals surface area contributed by atoms with E-state index in [1.807, 2.05) is 6.07 Å². The SMILES string of the molecule is CCOC(=O)C(C=NC1CCCCC1)=C(O)c1ccc(I)cc1Cl. The van der Waals surface area contributed by atoms with Crippen LogP contribution in [0.5, 0.6) is 0 Å². The second kappa shape index (κ2) is 9.42. The molecule has 0 amide bonds. The lowest BCUT2D eigenvalue weighted by molar-refractivity contribution is -0.137. The summed E-state index contributed by atoms with van der Waals surface area (Å²) in [5.74, 6) is -0.793. The van der Waals surface area contributed by atoms with Gasteiger partial charge in [-0.1, -0.05) is 30.9 Å². The van der Waals surface area contributed by atoms with E-state index >= 15 is 0 Å². The van der Waals surface area contributed by atoms with E-state index in [0.717, 1.165) is 29.3 Å². The Morgan fingerprint density at radius 3 is 2.75 bits per heavy atom. The van der Waals surface area contributed by atoms with E-state index in [-0.39, 0.29) is 24.0 Å². The molecule has 0 unspecified atom stereocenters. The number of halogens is 2. The van der Waals surface area contributed by atoms with Crippen LogP contribution in [0.25, 0.3) is 5.76 Å². The third-order valence-corrected chi connectivity index (χ3v) is 4.91. The molecule has 1 saturated carbocycles. The predicted molar refractivity (Wildman–Crippen MR) is 106 cm³/mol. The van der Waals surface area contributed by atoms with Crippen LogP contribution in [0.4, 0.5) is 0 Å². The van der Waals surface area contributed by atoms with Crippen LogP contribution in [-0.4, -0.2) is 29.9 Å². The molecule has 0 spiro atoms. The van der Waals surface area contributed by atoms with Gasteiger partial charge in [0, 0.05) is 21.4 Å². The largest absolute Gasteiger partial charge is 0.506 e. The minimum atomic E-state index is -0.593. The van der Waals surface area contributed by atoms with Gasteiger partial charge in [0.1, 0.15) is 11.3 Å². The maximum atomic E-state index is 12.2. The van der Waals surface area contributed by atoms with Crippen LogP contribution >= 0.6 is 34.2 Å². The zero-order chi connectivity index (χ0) is 17.5. The number of nitrogens with zero attached hydrogens (tertiary/aromatic N) is 1. The highest BCUT2D eigenvalue weighted by Crippen LogP contribution is 2.27. The van der Waals surface area contributed by atoms with Crippen molar-refractivity contribution in [3.05, 3.63) is 37.9 Å². The number of benzene rings is 1. The standard InChI is InChI=1S/C18H21ClINO3/c1-2-24-18(23)15(11-21-13-6-4-3-5-7-13)17(22)14-9-8-12(20)10-16(14)19/h8-11,13,22H,2-7H2,1H3. The molecule has 0 aromatic heterocycles. The summed E-state index contributed by atoms with van der Waals surface area (Å²) in [5.41, 5.74) is 0.445. The van der Waals surface area contributed by atoms with E-state index in [1.54, 1.807) is 19.1 Å². The Kier molecular flexibility index (Phi) is 7.55. The van der Waals surface area contributed by atoms with Crippen molar-refractivity contribution < 1.29 is 14.6 Å². The van der Waals surface area contributed by atoms with Crippen molar-refractivity contribution >= 4 is 52.1 Å². The van der Waals surface area contributed by atoms with Crippen molar-refractivity contribution in [1.29, 1.82) is 0 Å². The minimum absolute atomic E-state index is 0.0468. The van der Waals surface area contributed by atoms with Gasteiger partial charge in [0.15, 0.2) is 0 Å². The molecule has 1 aliphatic carbocycles. The molecule has 24 heavy (non-hydrogen) atoms. The lowest BCUT2D eigenvalue weighted by Gasteiger charge is -2.17. The maximum Gasteiger partial charge on any atom is 0.343 e. The molecule has 1 aromatic carbocycles. The van der Waals surface area contributed by atoms with Crippen LogP contribution in [0.15, 0.2) is 28.8 Å². The molecule has 1 fully saturated rings. The molecule has 0 heterocycles. The van der Waals surface area contributed by atoms with Crippen LogP contribution < -0.4 is 0 Å². The van der Waals surface area contributed by atoms with Gasteiger partial charge in [-0.15, -0.1) is 0 Å². The zero-order valence-corrected chi connectivity index (χ0v) is 16.5. The number of hydrogen-bond donors (Lipinski definition) is 1. The Morgan fingerprint density at radius 2 is 2.12 bits per heavy atom. The Balaban J connectivity index is 2.35. The molecule has 1 aromatic rings. The first-order valence-electron chi connectivity index (χ1n) is 8.12. The fourth-order valence-corrected chi connectivity index (χ4v) is 3.60. The number of carbonyl (C=O) groups excluding carboxylic acids is 1. The molecule has 0 bridgehead atoms. The van der Waals surface area contributed by atoms with Gasteiger partial charge in [-0.2, -0.15) is 0 Å². The summed E-state index contributed by atoms with van der Waals surface area (Å²) in [6.07, 6.45) is 6.99. The maximum absolute atomic E-state index is 12.2. The van der Waals surface area contributed by atoms with E-state index in [9.17, 15) is 9.90 Å². The van der Waals surface area contributed by atoms with E-state index in [1.165, 1.54) is 12.6 Å². The fraction of sp³-hybridized carbons (Fsp3) is 0.444. The smallest absolute Gasteiger partial charge is 0.343 e. The normalized spacial score (nSPS) is 17.0. The minimum Gasteiger partial charge on any atom is -0.506 e. The summed E-state index contributed by atoms with van der Waals surface area (Å²) < 4.78 is 6.00. The number of aliphatic hydroxyl groups excluding tert-OH is 1. The average Bonchev–Trinajstić information content (AvgIpc) is 2.56. The molecule has 0 saturated heterocycles. The van der Waals surface area contributed by atoms with Crippen molar-refractivity contribution in [2.45, 2.75) is 45.1 Å². The fourth-order valence-electron chi connectivity index (χ4n) is 2.66. The number of rotatable bonds is 5. The Hall–Kier alpha value is -1.08. The number of ether oxygens (including phenoxy) is 1. The third kappa shape index (κ3) is 5.21. The zero-order valence-electron chi connectivity index (χ0n) is 13.6. The average molecular weight is 462 g/mol. The van der Waals surface area contributed by atoms with Crippen LogP contribution in [0.2, 0.25) is 5.02 Å². The van der Waals surface area contributed by atoms with Gasteiger partial charge < -0.3 is 9.84 Å². The first kappa shape index (κ1) is 19.2. The van der Waals surface area contributed by atoms with Gasteiger partial charge >= 0.3 is 5.97 Å². The number of aliphatic imine (C=N–C) groups is 1. The van der Waals surface area contributed by atoms with Gasteiger partial charge in [0.05, 0.1) is 11.6 Å². The molecule has 130 valence electrons. The van der Waals surface area contributed by atoms with E-state index in [0.29, 0.717) is 10.6 Å². The highest BCUT2D eigenvalue weighted by atomic mass is 127. The molecule has 4 nitrogen and oxygen atoms in total. The molecule has 1 N–H and O–H groups in total. The molecule has 6 heteroatoms. The lowest BCUT2D eigenvalue weighted by Crippen LogP contribution is -2.14. The van der Waals surface area contributed by atoms with Gasteiger partial charge in [0.25, 0.3) is 0 Å². The summed E-state index contributed by atoms with van der Waals surface area (Å²) in [6.45, 7) is 1.95. The monoisotopic (exact) mass is 461 g/mol. The third-order valence-electron chi connectivity index (χ3n) is 3.93. The van der Waals surface area contributed by atoms with Crippen LogP contribution in [0, 0.1) is 3.57 Å². The molecular weight excluding hydrogens is 441 g/mol. The first-order valence-corrected chi connectivity index (χ1v) is 9.57. The Morgan fingerprint density at radius 1 is 1.42 bits per heavy atom.